The molecule has 2 aromatic carbocycles. The molecule has 23 heavy (non-hydrogen) atoms. The lowest BCUT2D eigenvalue weighted by Crippen LogP contribution is -2.28. The number of benzene rings is 2. The molecule has 4 rings (SSSR count). The Morgan fingerprint density at radius 2 is 1.35 bits per heavy atom. The van der Waals surface area contributed by atoms with E-state index in [1.165, 1.54) is 66.6 Å². The van der Waals surface area contributed by atoms with Crippen molar-refractivity contribution in [2.24, 2.45) is 0 Å². The van der Waals surface area contributed by atoms with E-state index in [1.54, 1.807) is 0 Å². The third-order valence-corrected chi connectivity index (χ3v) is 7.26. The minimum Gasteiger partial charge on any atom is -0.363 e. The molecule has 0 radical (unpaired) electrons. The maximum Gasteiger partial charge on any atom is 0.104 e. The summed E-state index contributed by atoms with van der Waals surface area (Å²) in [6.45, 7) is 2.41. The van der Waals surface area contributed by atoms with Crippen molar-refractivity contribution in [2.45, 2.75) is 19.3 Å². The second-order valence-corrected chi connectivity index (χ2v) is 8.37. The third-order valence-electron chi connectivity index (χ3n) is 4.32. The van der Waals surface area contributed by atoms with E-state index in [0.717, 1.165) is 0 Å². The Morgan fingerprint density at radius 1 is 0.739 bits per heavy atom. The maximum atomic E-state index is 2.61. The van der Waals surface area contributed by atoms with Gasteiger partial charge in [-0.3, -0.25) is 0 Å². The molecule has 0 atom stereocenters. The van der Waals surface area contributed by atoms with Gasteiger partial charge in [0, 0.05) is 18.4 Å². The average molecular weight is 337 g/mol. The molecule has 1 aromatic heterocycles. The lowest BCUT2D eigenvalue weighted by molar-refractivity contribution is 0.581. The predicted molar refractivity (Wildman–Crippen MR) is 104 cm³/mol. The van der Waals surface area contributed by atoms with Gasteiger partial charge in [-0.05, 0) is 38.6 Å². The van der Waals surface area contributed by atoms with Gasteiger partial charge in [0.05, 0.1) is 4.61 Å². The zero-order valence-electron chi connectivity index (χ0n) is 13.1. The van der Waals surface area contributed by atoms with Gasteiger partial charge in [0.15, 0.2) is 0 Å². The zero-order chi connectivity index (χ0) is 15.5. The Labute approximate surface area is 143 Å². The topological polar surface area (TPSA) is 3.24 Å². The van der Waals surface area contributed by atoms with Gasteiger partial charge in [0.25, 0.3) is 0 Å². The van der Waals surface area contributed by atoms with Gasteiger partial charge >= 0.3 is 0 Å². The van der Waals surface area contributed by atoms with Crippen LogP contribution in [0, 0.1) is 0 Å². The van der Waals surface area contributed by atoms with Crippen LogP contribution in [0.15, 0.2) is 60.7 Å². The molecule has 0 spiro atoms. The van der Waals surface area contributed by atoms with Gasteiger partial charge < -0.3 is 4.90 Å². The van der Waals surface area contributed by atoms with Crippen LogP contribution in [0.25, 0.3) is 21.0 Å². The first-order valence-corrected chi connectivity index (χ1v) is 9.99. The van der Waals surface area contributed by atoms with Crippen molar-refractivity contribution in [1.29, 1.82) is 0 Å². The molecule has 0 unspecified atom stereocenters. The molecule has 1 saturated heterocycles. The molecular formula is C20H20NPS. The first-order valence-electron chi connectivity index (χ1n) is 8.28. The van der Waals surface area contributed by atoms with Crippen LogP contribution in [0.5, 0.6) is 0 Å². The minimum absolute atomic E-state index is 1.20. The van der Waals surface area contributed by atoms with E-state index in [-0.39, 0.29) is 0 Å². The van der Waals surface area contributed by atoms with E-state index in [9.17, 15) is 0 Å². The molecule has 3 heteroatoms. The van der Waals surface area contributed by atoms with Crippen molar-refractivity contribution >= 4 is 24.5 Å². The van der Waals surface area contributed by atoms with Crippen LogP contribution < -0.4 is 4.90 Å². The molecule has 116 valence electrons. The van der Waals surface area contributed by atoms with Crippen molar-refractivity contribution in [2.75, 3.05) is 18.0 Å². The first kappa shape index (κ1) is 14.9. The lowest BCUT2D eigenvalue weighted by atomic mass is 10.1. The Balaban J connectivity index is 1.80. The summed E-state index contributed by atoms with van der Waals surface area (Å²) < 4.78 is 1.46. The number of hydrogen-bond donors (Lipinski definition) is 0. The van der Waals surface area contributed by atoms with Crippen LogP contribution >= 0.6 is 19.5 Å². The zero-order valence-corrected chi connectivity index (χ0v) is 14.8. The normalized spacial score (nSPS) is 15.2. The molecule has 1 fully saturated rings. The van der Waals surface area contributed by atoms with E-state index < -0.39 is 0 Å². The Bertz CT molecular complexity index is 761. The van der Waals surface area contributed by atoms with Gasteiger partial charge in [0.1, 0.15) is 5.00 Å². The summed E-state index contributed by atoms with van der Waals surface area (Å²) in [4.78, 5) is 2.61. The largest absolute Gasteiger partial charge is 0.363 e. The fourth-order valence-electron chi connectivity index (χ4n) is 3.11. The van der Waals surface area contributed by atoms with E-state index in [1.807, 2.05) is 11.3 Å². The molecule has 0 bridgehead atoms. The molecule has 3 aromatic rings. The van der Waals surface area contributed by atoms with E-state index in [4.69, 9.17) is 0 Å². The highest BCUT2D eigenvalue weighted by Crippen LogP contribution is 2.51. The maximum absolute atomic E-state index is 2.61. The number of piperidine rings is 1. The predicted octanol–water partition coefficient (Wildman–Crippen LogP) is 6.65. The van der Waals surface area contributed by atoms with Crippen LogP contribution in [0.2, 0.25) is 0 Å². The molecule has 1 aliphatic heterocycles. The Hall–Kier alpha value is -1.63. The second kappa shape index (κ2) is 6.86. The smallest absolute Gasteiger partial charge is 0.104 e. The van der Waals surface area contributed by atoms with Gasteiger partial charge in [-0.15, -0.1) is 11.3 Å². The summed E-state index contributed by atoms with van der Waals surface area (Å²) in [5, 5.41) is 2.97. The quantitative estimate of drug-likeness (QED) is 0.517. The second-order valence-electron chi connectivity index (χ2n) is 5.95. The summed E-state index contributed by atoms with van der Waals surface area (Å²) in [6.07, 6.45) is 4.02. The van der Waals surface area contributed by atoms with Crippen LogP contribution in [0.3, 0.4) is 0 Å². The number of rotatable bonds is 3. The summed E-state index contributed by atoms with van der Waals surface area (Å²) >= 11 is 1.98. The van der Waals surface area contributed by atoms with Gasteiger partial charge in [-0.1, -0.05) is 60.7 Å². The monoisotopic (exact) mass is 337 g/mol. The highest BCUT2D eigenvalue weighted by molar-refractivity contribution is 7.51. The molecular weight excluding hydrogens is 317 g/mol. The molecule has 1 aliphatic rings. The molecule has 2 heterocycles. The minimum atomic E-state index is 1.20. The molecule has 0 aliphatic carbocycles. The SMILES string of the molecule is c1ccc(-c2pc(-c3ccccc3)c(N3CCCCC3)s2)cc1. The summed E-state index contributed by atoms with van der Waals surface area (Å²) in [7, 11) is 1.35. The molecule has 1 nitrogen and oxygen atoms in total. The molecule has 0 amide bonds. The standard InChI is InChI=1S/C20H20NPS/c1-4-10-16(11-5-1)18-19(21-14-8-3-9-15-21)23-20(22-18)17-12-6-2-7-13-17/h1-2,4-7,10-13H,3,8-9,14-15H2. The van der Waals surface area contributed by atoms with Gasteiger partial charge in [-0.2, -0.15) is 0 Å². The molecule has 0 N–H and O–H groups in total. The van der Waals surface area contributed by atoms with Crippen molar-refractivity contribution in [3.05, 3.63) is 60.7 Å². The number of anilines is 1. The Kier molecular flexibility index (Phi) is 4.46. The van der Waals surface area contributed by atoms with Crippen LogP contribution in [0.4, 0.5) is 5.00 Å². The highest BCUT2D eigenvalue weighted by atomic mass is 32.1. The lowest BCUT2D eigenvalue weighted by Gasteiger charge is -2.28. The van der Waals surface area contributed by atoms with Crippen molar-refractivity contribution < 1.29 is 0 Å². The Morgan fingerprint density at radius 3 is 2.00 bits per heavy atom. The van der Waals surface area contributed by atoms with E-state index >= 15 is 0 Å². The van der Waals surface area contributed by atoms with Gasteiger partial charge in [0.2, 0.25) is 0 Å². The highest BCUT2D eigenvalue weighted by Gasteiger charge is 2.20. The van der Waals surface area contributed by atoms with E-state index in [0.29, 0.717) is 0 Å². The van der Waals surface area contributed by atoms with Crippen LogP contribution in [0.1, 0.15) is 19.3 Å². The van der Waals surface area contributed by atoms with E-state index in [2.05, 4.69) is 65.6 Å². The first-order chi connectivity index (χ1) is 11.4. The van der Waals surface area contributed by atoms with Gasteiger partial charge in [-0.25, -0.2) is 0 Å². The van der Waals surface area contributed by atoms with Crippen LogP contribution in [-0.2, 0) is 0 Å². The fraction of sp³-hybridized carbons (Fsp3) is 0.250. The van der Waals surface area contributed by atoms with Crippen molar-refractivity contribution in [1.82, 2.24) is 0 Å². The summed E-state index contributed by atoms with van der Waals surface area (Å²) in [5.74, 6) is 0. The summed E-state index contributed by atoms with van der Waals surface area (Å²) in [6, 6.07) is 21.7. The third kappa shape index (κ3) is 3.20. The fourth-order valence-corrected chi connectivity index (χ4v) is 6.06. The average Bonchev–Trinajstić information content (AvgIpc) is 3.09. The number of hydrogen-bond acceptors (Lipinski definition) is 2. The van der Waals surface area contributed by atoms with Crippen molar-refractivity contribution in [3.8, 4) is 21.0 Å². The summed E-state index contributed by atoms with van der Waals surface area (Å²) in [5.41, 5.74) is 2.73. The van der Waals surface area contributed by atoms with Crippen LogP contribution in [-0.4, -0.2) is 13.1 Å². The van der Waals surface area contributed by atoms with Crippen molar-refractivity contribution in [3.63, 3.8) is 0 Å². The number of nitrogens with zero attached hydrogens (tertiary/aromatic N) is 1. The molecule has 0 saturated carbocycles.